The van der Waals surface area contributed by atoms with Gasteiger partial charge in [-0.1, -0.05) is 26.7 Å². The topological polar surface area (TPSA) is 85.4 Å². The number of carbonyl (C=O) groups is 1. The Morgan fingerprint density at radius 2 is 2.07 bits per heavy atom. The van der Waals surface area contributed by atoms with E-state index in [1.165, 1.54) is 12.8 Å². The number of furan rings is 1. The molecule has 0 bridgehead atoms. The summed E-state index contributed by atoms with van der Waals surface area (Å²) in [7, 11) is 1.59. The van der Waals surface area contributed by atoms with E-state index in [0.717, 1.165) is 50.2 Å². The first-order valence-electron chi connectivity index (χ1n) is 10.1. The van der Waals surface area contributed by atoms with Crippen LogP contribution >= 0.6 is 0 Å². The third-order valence-corrected chi connectivity index (χ3v) is 5.45. The average Bonchev–Trinajstić information content (AvgIpc) is 3.28. The maximum Gasteiger partial charge on any atom is 0.287 e. The first kappa shape index (κ1) is 20.5. The molecule has 28 heavy (non-hydrogen) atoms. The van der Waals surface area contributed by atoms with Gasteiger partial charge in [0, 0.05) is 39.7 Å². The monoisotopic (exact) mass is 389 g/mol. The summed E-state index contributed by atoms with van der Waals surface area (Å²) >= 11 is 0. The number of carbonyl (C=O) groups excluding carboxylic acids is 1. The van der Waals surface area contributed by atoms with Gasteiger partial charge in [0.25, 0.3) is 5.91 Å². The van der Waals surface area contributed by atoms with Gasteiger partial charge in [0.1, 0.15) is 18.2 Å². The standard InChI is InChI=1S/C20H31N5O3/c1-4-15(5-2)13-24-9-8-18-22-23-19(25(18)11-10-24)12-21-20(26)17-7-6-16(28-17)14-27-3/h6-7,15H,4-5,8-14H2,1-3H3,(H,21,26). The molecule has 8 heteroatoms. The van der Waals surface area contributed by atoms with Gasteiger partial charge in [0.05, 0.1) is 6.54 Å². The van der Waals surface area contributed by atoms with Gasteiger partial charge >= 0.3 is 0 Å². The minimum atomic E-state index is -0.260. The number of ether oxygens (including phenoxy) is 1. The van der Waals surface area contributed by atoms with Gasteiger partial charge in [0.15, 0.2) is 11.6 Å². The zero-order chi connectivity index (χ0) is 19.9. The molecular weight excluding hydrogens is 358 g/mol. The third-order valence-electron chi connectivity index (χ3n) is 5.45. The van der Waals surface area contributed by atoms with Crippen molar-refractivity contribution in [3.05, 3.63) is 35.3 Å². The fraction of sp³-hybridized carbons (Fsp3) is 0.650. The molecule has 0 spiro atoms. The molecule has 154 valence electrons. The summed E-state index contributed by atoms with van der Waals surface area (Å²) in [5, 5.41) is 11.5. The van der Waals surface area contributed by atoms with E-state index in [2.05, 4.69) is 38.8 Å². The fourth-order valence-corrected chi connectivity index (χ4v) is 3.62. The van der Waals surface area contributed by atoms with Gasteiger partial charge in [-0.2, -0.15) is 0 Å². The fourth-order valence-electron chi connectivity index (χ4n) is 3.62. The van der Waals surface area contributed by atoms with Crippen molar-refractivity contribution in [2.24, 2.45) is 5.92 Å². The molecule has 8 nitrogen and oxygen atoms in total. The maximum absolute atomic E-state index is 12.3. The highest BCUT2D eigenvalue weighted by Gasteiger charge is 2.21. The molecule has 3 heterocycles. The zero-order valence-corrected chi connectivity index (χ0v) is 17.1. The highest BCUT2D eigenvalue weighted by Crippen LogP contribution is 2.15. The Bertz CT molecular complexity index is 766. The van der Waals surface area contributed by atoms with Crippen molar-refractivity contribution in [2.75, 3.05) is 26.7 Å². The second kappa shape index (κ2) is 9.84. The maximum atomic E-state index is 12.3. The lowest BCUT2D eigenvalue weighted by Gasteiger charge is -2.24. The number of amides is 1. The molecule has 0 atom stereocenters. The molecular formula is C20H31N5O3. The van der Waals surface area contributed by atoms with E-state index in [1.54, 1.807) is 19.2 Å². The molecule has 1 aliphatic rings. The first-order chi connectivity index (χ1) is 13.6. The molecule has 1 amide bonds. The summed E-state index contributed by atoms with van der Waals surface area (Å²) < 4.78 is 12.6. The molecule has 0 aromatic carbocycles. The van der Waals surface area contributed by atoms with Crippen LogP contribution in [0.15, 0.2) is 16.5 Å². The summed E-state index contributed by atoms with van der Waals surface area (Å²) in [5.41, 5.74) is 0. The smallest absolute Gasteiger partial charge is 0.287 e. The summed E-state index contributed by atoms with van der Waals surface area (Å²) in [6.07, 6.45) is 3.32. The van der Waals surface area contributed by atoms with Crippen molar-refractivity contribution in [1.82, 2.24) is 25.0 Å². The van der Waals surface area contributed by atoms with Gasteiger partial charge in [-0.15, -0.1) is 10.2 Å². The van der Waals surface area contributed by atoms with Crippen LogP contribution in [-0.2, 0) is 30.9 Å². The van der Waals surface area contributed by atoms with Crippen LogP contribution < -0.4 is 5.32 Å². The van der Waals surface area contributed by atoms with Gasteiger partial charge in [-0.05, 0) is 18.1 Å². The Labute approximate surface area is 166 Å². The molecule has 1 aliphatic heterocycles. The second-order valence-electron chi connectivity index (χ2n) is 7.30. The van der Waals surface area contributed by atoms with E-state index >= 15 is 0 Å². The highest BCUT2D eigenvalue weighted by atomic mass is 16.5. The highest BCUT2D eigenvalue weighted by molar-refractivity contribution is 5.91. The molecule has 0 fully saturated rings. The van der Waals surface area contributed by atoms with Crippen molar-refractivity contribution >= 4 is 5.91 Å². The summed E-state index contributed by atoms with van der Waals surface area (Å²) in [6, 6.07) is 3.40. The first-order valence-corrected chi connectivity index (χ1v) is 10.1. The number of hydrogen-bond donors (Lipinski definition) is 1. The van der Waals surface area contributed by atoms with Crippen molar-refractivity contribution < 1.29 is 13.9 Å². The molecule has 0 unspecified atom stereocenters. The Morgan fingerprint density at radius 1 is 1.25 bits per heavy atom. The number of methoxy groups -OCH3 is 1. The molecule has 0 saturated heterocycles. The Kier molecular flexibility index (Phi) is 7.22. The van der Waals surface area contributed by atoms with Crippen molar-refractivity contribution in [2.45, 2.75) is 52.8 Å². The lowest BCUT2D eigenvalue weighted by atomic mass is 10.0. The van der Waals surface area contributed by atoms with Gasteiger partial charge in [0.2, 0.25) is 0 Å². The van der Waals surface area contributed by atoms with E-state index in [4.69, 9.17) is 9.15 Å². The normalized spacial score (nSPS) is 14.9. The molecule has 1 N–H and O–H groups in total. The van der Waals surface area contributed by atoms with Crippen LogP contribution in [0.5, 0.6) is 0 Å². The molecule has 0 radical (unpaired) electrons. The predicted octanol–water partition coefficient (Wildman–Crippen LogP) is 2.24. The molecule has 3 rings (SSSR count). The second-order valence-corrected chi connectivity index (χ2v) is 7.30. The Hall–Kier alpha value is -2.19. The number of rotatable bonds is 9. The van der Waals surface area contributed by atoms with E-state index in [1.807, 2.05) is 0 Å². The molecule has 2 aromatic rings. The van der Waals surface area contributed by atoms with Crippen LogP contribution in [0.25, 0.3) is 0 Å². The van der Waals surface area contributed by atoms with Gasteiger partial charge in [-0.3, -0.25) is 4.79 Å². The minimum absolute atomic E-state index is 0.260. The predicted molar refractivity (Wildman–Crippen MR) is 105 cm³/mol. The zero-order valence-electron chi connectivity index (χ0n) is 17.1. The minimum Gasteiger partial charge on any atom is -0.453 e. The van der Waals surface area contributed by atoms with Crippen LogP contribution in [0.1, 0.15) is 54.7 Å². The van der Waals surface area contributed by atoms with Crippen LogP contribution in [0.2, 0.25) is 0 Å². The Morgan fingerprint density at radius 3 is 2.82 bits per heavy atom. The number of hydrogen-bond acceptors (Lipinski definition) is 6. The van der Waals surface area contributed by atoms with Crippen molar-refractivity contribution in [3.63, 3.8) is 0 Å². The van der Waals surface area contributed by atoms with Crippen LogP contribution in [0.4, 0.5) is 0 Å². The van der Waals surface area contributed by atoms with E-state index in [0.29, 0.717) is 18.9 Å². The molecule has 0 saturated carbocycles. The quantitative estimate of drug-likeness (QED) is 0.708. The van der Waals surface area contributed by atoms with Crippen LogP contribution in [0.3, 0.4) is 0 Å². The van der Waals surface area contributed by atoms with Crippen molar-refractivity contribution in [3.8, 4) is 0 Å². The van der Waals surface area contributed by atoms with E-state index in [9.17, 15) is 4.79 Å². The van der Waals surface area contributed by atoms with Gasteiger partial charge < -0.3 is 23.9 Å². The number of aromatic nitrogens is 3. The third kappa shape index (κ3) is 4.99. The SMILES string of the molecule is CCC(CC)CN1CCc2nnc(CNC(=O)c3ccc(COC)o3)n2CC1. The molecule has 2 aromatic heterocycles. The molecule has 0 aliphatic carbocycles. The lowest BCUT2D eigenvalue weighted by Crippen LogP contribution is -2.32. The van der Waals surface area contributed by atoms with Crippen LogP contribution in [0, 0.1) is 5.92 Å². The number of nitrogens with zero attached hydrogens (tertiary/aromatic N) is 4. The largest absolute Gasteiger partial charge is 0.453 e. The van der Waals surface area contributed by atoms with E-state index < -0.39 is 0 Å². The van der Waals surface area contributed by atoms with Gasteiger partial charge in [-0.25, -0.2) is 0 Å². The number of nitrogens with one attached hydrogen (secondary N) is 1. The summed E-state index contributed by atoms with van der Waals surface area (Å²) in [6.45, 7) is 9.19. The lowest BCUT2D eigenvalue weighted by molar-refractivity contribution is 0.0913. The summed E-state index contributed by atoms with van der Waals surface area (Å²) in [4.78, 5) is 14.8. The number of fused-ring (bicyclic) bond motifs is 1. The van der Waals surface area contributed by atoms with E-state index in [-0.39, 0.29) is 11.7 Å². The van der Waals surface area contributed by atoms with Crippen LogP contribution in [-0.4, -0.2) is 52.3 Å². The Balaban J connectivity index is 1.56. The summed E-state index contributed by atoms with van der Waals surface area (Å²) in [5.74, 6) is 3.18. The average molecular weight is 390 g/mol. The van der Waals surface area contributed by atoms with Crippen molar-refractivity contribution in [1.29, 1.82) is 0 Å².